The molecule has 0 aliphatic rings. The molecule has 2 N–H and O–H groups in total. The topological polar surface area (TPSA) is 70.9 Å². The van der Waals surface area contributed by atoms with Crippen molar-refractivity contribution in [3.63, 3.8) is 0 Å². The van der Waals surface area contributed by atoms with E-state index in [9.17, 15) is 18.3 Å². The summed E-state index contributed by atoms with van der Waals surface area (Å²) < 4.78 is 39.0. The van der Waals surface area contributed by atoms with Crippen molar-refractivity contribution in [2.75, 3.05) is 11.9 Å². The zero-order valence-corrected chi connectivity index (χ0v) is 12.0. The van der Waals surface area contributed by atoms with Crippen molar-refractivity contribution < 1.29 is 18.3 Å². The van der Waals surface area contributed by atoms with Gasteiger partial charge in [-0.1, -0.05) is 0 Å². The lowest BCUT2D eigenvalue weighted by atomic mass is 10.1. The van der Waals surface area contributed by atoms with Gasteiger partial charge in [0.1, 0.15) is 5.82 Å². The van der Waals surface area contributed by atoms with Crippen LogP contribution in [0.5, 0.6) is 0 Å². The van der Waals surface area contributed by atoms with Crippen LogP contribution in [0.1, 0.15) is 19.5 Å². The Labute approximate surface area is 125 Å². The molecule has 0 atom stereocenters. The average molecular weight is 312 g/mol. The maximum Gasteiger partial charge on any atom is 0.433 e. The number of nitrogens with one attached hydrogen (secondary N) is 1. The third-order valence-electron chi connectivity index (χ3n) is 2.82. The van der Waals surface area contributed by atoms with Crippen LogP contribution in [-0.4, -0.2) is 32.2 Å². The van der Waals surface area contributed by atoms with Gasteiger partial charge in [-0.2, -0.15) is 13.2 Å². The summed E-state index contributed by atoms with van der Waals surface area (Å²) in [5.41, 5.74) is -1.44. The molecule has 0 spiro atoms. The van der Waals surface area contributed by atoms with Gasteiger partial charge in [0.25, 0.3) is 0 Å². The molecule has 2 aromatic rings. The van der Waals surface area contributed by atoms with Crippen molar-refractivity contribution in [3.05, 3.63) is 36.3 Å². The first-order valence-electron chi connectivity index (χ1n) is 6.47. The Hall–Kier alpha value is -2.22. The van der Waals surface area contributed by atoms with E-state index in [2.05, 4.69) is 20.3 Å². The maximum atomic E-state index is 13.0. The van der Waals surface area contributed by atoms with E-state index < -0.39 is 17.4 Å². The van der Waals surface area contributed by atoms with E-state index >= 15 is 0 Å². The Morgan fingerprint density at radius 2 is 1.77 bits per heavy atom. The normalized spacial score (nSPS) is 12.3. The average Bonchev–Trinajstić information content (AvgIpc) is 2.46. The molecule has 22 heavy (non-hydrogen) atoms. The number of aromatic nitrogens is 3. The van der Waals surface area contributed by atoms with E-state index in [1.165, 1.54) is 24.5 Å². The minimum Gasteiger partial charge on any atom is -0.394 e. The van der Waals surface area contributed by atoms with E-state index in [4.69, 9.17) is 0 Å². The Balaban J connectivity index is 2.51. The molecule has 0 aliphatic carbocycles. The lowest BCUT2D eigenvalue weighted by Gasteiger charge is -2.24. The summed E-state index contributed by atoms with van der Waals surface area (Å²) in [7, 11) is 0. The van der Waals surface area contributed by atoms with E-state index in [1.54, 1.807) is 13.8 Å². The number of pyridine rings is 1. The molecule has 2 rings (SSSR count). The summed E-state index contributed by atoms with van der Waals surface area (Å²) in [6.45, 7) is 3.03. The van der Waals surface area contributed by atoms with Gasteiger partial charge >= 0.3 is 6.18 Å². The van der Waals surface area contributed by atoms with Crippen LogP contribution >= 0.6 is 0 Å². The molecular weight excluding hydrogens is 297 g/mol. The zero-order valence-electron chi connectivity index (χ0n) is 12.0. The van der Waals surface area contributed by atoms with Gasteiger partial charge < -0.3 is 10.4 Å². The van der Waals surface area contributed by atoms with E-state index in [0.29, 0.717) is 5.56 Å². The summed E-state index contributed by atoms with van der Waals surface area (Å²) in [6.07, 6.45) is -1.70. The van der Waals surface area contributed by atoms with Crippen LogP contribution in [0.2, 0.25) is 0 Å². The van der Waals surface area contributed by atoms with Crippen molar-refractivity contribution in [2.24, 2.45) is 0 Å². The first-order valence-corrected chi connectivity index (χ1v) is 6.47. The number of nitrogens with zero attached hydrogens (tertiary/aromatic N) is 3. The first kappa shape index (κ1) is 16.2. The quantitative estimate of drug-likeness (QED) is 0.908. The van der Waals surface area contributed by atoms with E-state index in [-0.39, 0.29) is 18.2 Å². The third-order valence-corrected chi connectivity index (χ3v) is 2.82. The molecule has 0 aliphatic heterocycles. The van der Waals surface area contributed by atoms with Gasteiger partial charge in [0.2, 0.25) is 0 Å². The van der Waals surface area contributed by atoms with E-state index in [0.717, 1.165) is 6.07 Å². The van der Waals surface area contributed by atoms with Crippen molar-refractivity contribution in [2.45, 2.75) is 25.6 Å². The Bertz CT molecular complexity index is 644. The van der Waals surface area contributed by atoms with Crippen molar-refractivity contribution >= 4 is 5.82 Å². The highest BCUT2D eigenvalue weighted by Crippen LogP contribution is 2.31. The predicted octanol–water partition coefficient (Wildman–Crippen LogP) is 2.74. The number of hydrogen-bond donors (Lipinski definition) is 2. The highest BCUT2D eigenvalue weighted by molar-refractivity contribution is 5.57. The largest absolute Gasteiger partial charge is 0.433 e. The number of rotatable bonds is 4. The third kappa shape index (κ3) is 3.91. The van der Waals surface area contributed by atoms with Crippen LogP contribution in [0.15, 0.2) is 30.6 Å². The van der Waals surface area contributed by atoms with Crippen LogP contribution in [0.3, 0.4) is 0 Å². The second kappa shape index (κ2) is 5.88. The van der Waals surface area contributed by atoms with Crippen LogP contribution in [0.4, 0.5) is 19.0 Å². The maximum absolute atomic E-state index is 13.0. The molecule has 2 aromatic heterocycles. The summed E-state index contributed by atoms with van der Waals surface area (Å²) in [6, 6.07) is 3.87. The minimum atomic E-state index is -4.59. The predicted molar refractivity (Wildman–Crippen MR) is 75.1 cm³/mol. The highest BCUT2D eigenvalue weighted by atomic mass is 19.4. The second-order valence-corrected chi connectivity index (χ2v) is 5.36. The van der Waals surface area contributed by atoms with Gasteiger partial charge in [0, 0.05) is 24.0 Å². The molecule has 0 fully saturated rings. The molecule has 0 unspecified atom stereocenters. The van der Waals surface area contributed by atoms with E-state index in [1.807, 2.05) is 0 Å². The fourth-order valence-corrected chi connectivity index (χ4v) is 1.67. The molecule has 0 radical (unpaired) electrons. The summed E-state index contributed by atoms with van der Waals surface area (Å²) >= 11 is 0. The minimum absolute atomic E-state index is 0.00631. The van der Waals surface area contributed by atoms with Gasteiger partial charge in [-0.05, 0) is 26.0 Å². The molecule has 5 nitrogen and oxygen atoms in total. The number of aliphatic hydroxyl groups is 1. The summed E-state index contributed by atoms with van der Waals surface area (Å²) in [5.74, 6) is -0.0679. The molecule has 0 aromatic carbocycles. The Morgan fingerprint density at radius 3 is 2.32 bits per heavy atom. The number of aliphatic hydroxyl groups excluding tert-OH is 1. The van der Waals surface area contributed by atoms with Crippen molar-refractivity contribution in [1.82, 2.24) is 15.0 Å². The molecule has 8 heteroatoms. The SMILES string of the molecule is CC(C)(CO)Nc1cc(C(F)(F)F)nc(-c2ccncc2)n1. The van der Waals surface area contributed by atoms with Crippen LogP contribution in [0, 0.1) is 0 Å². The summed E-state index contributed by atoms with van der Waals surface area (Å²) in [5, 5.41) is 12.0. The number of hydrogen-bond acceptors (Lipinski definition) is 5. The number of halogens is 3. The number of anilines is 1. The summed E-state index contributed by atoms with van der Waals surface area (Å²) in [4.78, 5) is 11.5. The monoisotopic (exact) mass is 312 g/mol. The molecule has 2 heterocycles. The molecule has 118 valence electrons. The van der Waals surface area contributed by atoms with Gasteiger partial charge in [0.05, 0.1) is 12.1 Å². The molecule has 0 saturated heterocycles. The highest BCUT2D eigenvalue weighted by Gasteiger charge is 2.34. The molecule has 0 saturated carbocycles. The van der Waals surface area contributed by atoms with Crippen LogP contribution in [-0.2, 0) is 6.18 Å². The van der Waals surface area contributed by atoms with Crippen molar-refractivity contribution in [3.8, 4) is 11.4 Å². The first-order chi connectivity index (χ1) is 10.2. The van der Waals surface area contributed by atoms with Gasteiger partial charge in [-0.3, -0.25) is 4.98 Å². The van der Waals surface area contributed by atoms with Gasteiger partial charge in [-0.15, -0.1) is 0 Å². The molecular formula is C14H15F3N4O. The number of alkyl halides is 3. The Morgan fingerprint density at radius 1 is 1.14 bits per heavy atom. The lowest BCUT2D eigenvalue weighted by Crippen LogP contribution is -2.35. The smallest absolute Gasteiger partial charge is 0.394 e. The van der Waals surface area contributed by atoms with Gasteiger partial charge in [-0.25, -0.2) is 9.97 Å². The fourth-order valence-electron chi connectivity index (χ4n) is 1.67. The van der Waals surface area contributed by atoms with Crippen LogP contribution < -0.4 is 5.32 Å². The molecule has 0 amide bonds. The zero-order chi connectivity index (χ0) is 16.4. The molecule has 0 bridgehead atoms. The Kier molecular flexibility index (Phi) is 4.32. The lowest BCUT2D eigenvalue weighted by molar-refractivity contribution is -0.141. The fraction of sp³-hybridized carbons (Fsp3) is 0.357. The van der Waals surface area contributed by atoms with Crippen molar-refractivity contribution in [1.29, 1.82) is 0 Å². The van der Waals surface area contributed by atoms with Gasteiger partial charge in [0.15, 0.2) is 11.5 Å². The standard InChI is InChI=1S/C14H15F3N4O/c1-13(2,8-22)21-11-7-10(14(15,16)17)19-12(20-11)9-3-5-18-6-4-9/h3-7,22H,8H2,1-2H3,(H,19,20,21). The second-order valence-electron chi connectivity index (χ2n) is 5.36. The van der Waals surface area contributed by atoms with Crippen LogP contribution in [0.25, 0.3) is 11.4 Å².